The van der Waals surface area contributed by atoms with Gasteiger partial charge in [-0.1, -0.05) is 37.3 Å². The molecule has 0 fully saturated rings. The van der Waals surface area contributed by atoms with Gasteiger partial charge in [0, 0.05) is 6.42 Å². The molecule has 13 heavy (non-hydrogen) atoms. The Bertz CT molecular complexity index is 271. The van der Waals surface area contributed by atoms with Crippen LogP contribution in [0.1, 0.15) is 25.3 Å². The summed E-state index contributed by atoms with van der Waals surface area (Å²) in [5.41, 5.74) is 1.37. The first-order valence-corrected chi connectivity index (χ1v) is 4.74. The van der Waals surface area contributed by atoms with Crippen molar-refractivity contribution in [3.05, 3.63) is 35.9 Å². The second kappa shape index (κ2) is 5.37. The Morgan fingerprint density at radius 2 is 2.00 bits per heavy atom. The highest BCUT2D eigenvalue weighted by Crippen LogP contribution is 2.11. The van der Waals surface area contributed by atoms with Crippen LogP contribution >= 0.6 is 0 Å². The molecule has 0 radical (unpaired) electrons. The third-order valence-corrected chi connectivity index (χ3v) is 2.21. The maximum atomic E-state index is 8.48. The van der Waals surface area contributed by atoms with Gasteiger partial charge < -0.3 is 0 Å². The van der Waals surface area contributed by atoms with Crippen LogP contribution < -0.4 is 0 Å². The molecule has 1 heteroatoms. The molecule has 1 nitrogen and oxygen atoms in total. The van der Waals surface area contributed by atoms with E-state index in [-0.39, 0.29) is 0 Å². The lowest BCUT2D eigenvalue weighted by Gasteiger charge is -2.05. The number of hydrogen-bond donors (Lipinski definition) is 0. The van der Waals surface area contributed by atoms with E-state index in [0.29, 0.717) is 12.3 Å². The number of hydrogen-bond acceptors (Lipinski definition) is 1. The minimum absolute atomic E-state index is 0.519. The van der Waals surface area contributed by atoms with Gasteiger partial charge in [-0.25, -0.2) is 0 Å². The predicted octanol–water partition coefficient (Wildman–Crippen LogP) is 3.17. The first kappa shape index (κ1) is 9.80. The van der Waals surface area contributed by atoms with Crippen molar-refractivity contribution in [2.45, 2.75) is 26.2 Å². The van der Waals surface area contributed by atoms with Gasteiger partial charge in [0.25, 0.3) is 0 Å². The van der Waals surface area contributed by atoms with Gasteiger partial charge in [-0.05, 0) is 24.3 Å². The Kier molecular flexibility index (Phi) is 4.05. The van der Waals surface area contributed by atoms with Gasteiger partial charge in [0.05, 0.1) is 6.07 Å². The van der Waals surface area contributed by atoms with Gasteiger partial charge in [-0.2, -0.15) is 5.26 Å². The lowest BCUT2D eigenvalue weighted by molar-refractivity contribution is 0.545. The molecule has 0 aliphatic carbocycles. The SMILES string of the molecule is C[C@H](CC#N)CCc1ccccc1. The molecule has 0 spiro atoms. The average Bonchev–Trinajstić information content (AvgIpc) is 2.17. The Labute approximate surface area is 80.0 Å². The molecule has 0 saturated carbocycles. The molecule has 0 saturated heterocycles. The molecule has 0 N–H and O–H groups in total. The Morgan fingerprint density at radius 3 is 2.62 bits per heavy atom. The van der Waals surface area contributed by atoms with Crippen LogP contribution in [0.25, 0.3) is 0 Å². The zero-order valence-electron chi connectivity index (χ0n) is 8.03. The molecule has 1 aromatic carbocycles. The van der Waals surface area contributed by atoms with Crippen LogP contribution in [0.3, 0.4) is 0 Å². The van der Waals surface area contributed by atoms with Crippen molar-refractivity contribution in [1.29, 1.82) is 5.26 Å². The van der Waals surface area contributed by atoms with Crippen LogP contribution in [0, 0.1) is 17.2 Å². The normalized spacial score (nSPS) is 12.0. The fourth-order valence-corrected chi connectivity index (χ4v) is 1.32. The molecule has 0 aliphatic heterocycles. The van der Waals surface area contributed by atoms with Crippen LogP contribution in [0.4, 0.5) is 0 Å². The third-order valence-electron chi connectivity index (χ3n) is 2.21. The van der Waals surface area contributed by atoms with Gasteiger partial charge in [-0.15, -0.1) is 0 Å². The van der Waals surface area contributed by atoms with Gasteiger partial charge in [0.15, 0.2) is 0 Å². The molecule has 0 bridgehead atoms. The summed E-state index contributed by atoms with van der Waals surface area (Å²) in [7, 11) is 0. The molecule has 68 valence electrons. The summed E-state index contributed by atoms with van der Waals surface area (Å²) in [5.74, 6) is 0.519. The summed E-state index contributed by atoms with van der Waals surface area (Å²) in [6, 6.07) is 12.6. The first-order valence-electron chi connectivity index (χ1n) is 4.74. The van der Waals surface area contributed by atoms with Crippen molar-refractivity contribution in [3.63, 3.8) is 0 Å². The van der Waals surface area contributed by atoms with E-state index in [0.717, 1.165) is 12.8 Å². The van der Waals surface area contributed by atoms with E-state index < -0.39 is 0 Å². The third kappa shape index (κ3) is 3.75. The van der Waals surface area contributed by atoms with E-state index in [1.54, 1.807) is 0 Å². The number of aryl methyl sites for hydroxylation is 1. The van der Waals surface area contributed by atoms with Crippen LogP contribution in [0.15, 0.2) is 30.3 Å². The molecule has 0 heterocycles. The molecule has 0 unspecified atom stereocenters. The van der Waals surface area contributed by atoms with Crippen molar-refractivity contribution in [3.8, 4) is 6.07 Å². The predicted molar refractivity (Wildman–Crippen MR) is 54.2 cm³/mol. The van der Waals surface area contributed by atoms with E-state index >= 15 is 0 Å². The molecule has 1 aromatic rings. The Morgan fingerprint density at radius 1 is 1.31 bits per heavy atom. The zero-order chi connectivity index (χ0) is 9.52. The highest BCUT2D eigenvalue weighted by atomic mass is 14.2. The molecular formula is C12H15N. The minimum Gasteiger partial charge on any atom is -0.198 e. The quantitative estimate of drug-likeness (QED) is 0.686. The monoisotopic (exact) mass is 173 g/mol. The minimum atomic E-state index is 0.519. The molecule has 1 atom stereocenters. The Balaban J connectivity index is 2.32. The van der Waals surface area contributed by atoms with Gasteiger partial charge in [0.1, 0.15) is 0 Å². The summed E-state index contributed by atoms with van der Waals surface area (Å²) in [5, 5.41) is 8.48. The van der Waals surface area contributed by atoms with E-state index in [1.165, 1.54) is 5.56 Å². The number of nitriles is 1. The molecule has 0 amide bonds. The summed E-state index contributed by atoms with van der Waals surface area (Å²) < 4.78 is 0. The summed E-state index contributed by atoms with van der Waals surface area (Å²) >= 11 is 0. The smallest absolute Gasteiger partial charge is 0.0624 e. The zero-order valence-corrected chi connectivity index (χ0v) is 8.03. The van der Waals surface area contributed by atoms with E-state index in [1.807, 2.05) is 6.07 Å². The van der Waals surface area contributed by atoms with Gasteiger partial charge >= 0.3 is 0 Å². The second-order valence-corrected chi connectivity index (χ2v) is 3.49. The summed E-state index contributed by atoms with van der Waals surface area (Å²) in [6.07, 6.45) is 2.87. The standard InChI is InChI=1S/C12H15N/c1-11(9-10-13)7-8-12-5-3-2-4-6-12/h2-6,11H,7-9H2,1H3/t11-/m0/s1. The lowest BCUT2D eigenvalue weighted by Crippen LogP contribution is -1.95. The van der Waals surface area contributed by atoms with Crippen molar-refractivity contribution in [2.75, 3.05) is 0 Å². The van der Waals surface area contributed by atoms with Crippen molar-refractivity contribution < 1.29 is 0 Å². The maximum absolute atomic E-state index is 8.48. The Hall–Kier alpha value is -1.29. The van der Waals surface area contributed by atoms with Crippen molar-refractivity contribution in [2.24, 2.45) is 5.92 Å². The number of rotatable bonds is 4. The van der Waals surface area contributed by atoms with E-state index in [2.05, 4.69) is 37.3 Å². The molecule has 1 rings (SSSR count). The number of benzene rings is 1. The van der Waals surface area contributed by atoms with E-state index in [9.17, 15) is 0 Å². The van der Waals surface area contributed by atoms with Crippen LogP contribution in [0.5, 0.6) is 0 Å². The maximum Gasteiger partial charge on any atom is 0.0624 e. The van der Waals surface area contributed by atoms with Crippen LogP contribution in [0.2, 0.25) is 0 Å². The van der Waals surface area contributed by atoms with Gasteiger partial charge in [-0.3, -0.25) is 0 Å². The summed E-state index contributed by atoms with van der Waals surface area (Å²) in [6.45, 7) is 2.13. The highest BCUT2D eigenvalue weighted by Gasteiger charge is 2.00. The first-order chi connectivity index (χ1) is 6.33. The number of nitrogens with zero attached hydrogens (tertiary/aromatic N) is 1. The second-order valence-electron chi connectivity index (χ2n) is 3.49. The van der Waals surface area contributed by atoms with Crippen LogP contribution in [-0.4, -0.2) is 0 Å². The lowest BCUT2D eigenvalue weighted by atomic mass is 9.99. The van der Waals surface area contributed by atoms with Crippen molar-refractivity contribution in [1.82, 2.24) is 0 Å². The highest BCUT2D eigenvalue weighted by molar-refractivity contribution is 5.14. The van der Waals surface area contributed by atoms with Crippen LogP contribution in [-0.2, 0) is 6.42 Å². The molecular weight excluding hydrogens is 158 g/mol. The van der Waals surface area contributed by atoms with E-state index in [4.69, 9.17) is 5.26 Å². The fourth-order valence-electron chi connectivity index (χ4n) is 1.32. The summed E-state index contributed by atoms with van der Waals surface area (Å²) in [4.78, 5) is 0. The topological polar surface area (TPSA) is 23.8 Å². The van der Waals surface area contributed by atoms with Gasteiger partial charge in [0.2, 0.25) is 0 Å². The largest absolute Gasteiger partial charge is 0.198 e. The molecule has 0 aromatic heterocycles. The fraction of sp³-hybridized carbons (Fsp3) is 0.417. The molecule has 0 aliphatic rings. The van der Waals surface area contributed by atoms with Crippen molar-refractivity contribution >= 4 is 0 Å². The average molecular weight is 173 g/mol.